The number of aryl methyl sites for hydroxylation is 1. The number of benzene rings is 1. The third kappa shape index (κ3) is 5.95. The van der Waals surface area contributed by atoms with Crippen LogP contribution in [0.5, 0.6) is 0 Å². The molecule has 1 aromatic carbocycles. The van der Waals surface area contributed by atoms with E-state index in [0.29, 0.717) is 21.8 Å². The third-order valence-corrected chi connectivity index (χ3v) is 11.7. The lowest BCUT2D eigenvalue weighted by atomic mass is 9.54. The number of halogens is 1. The van der Waals surface area contributed by atoms with Gasteiger partial charge in [-0.25, -0.2) is 0 Å². The SMILES string of the molecule is O=C1/C(=C/c2oc(-c3ccc(Cl)cc3)cc2CCCCCN2CCNCC2)SC(=S)N1C1C2CC3CC(C2)CC1C3. The fourth-order valence-corrected chi connectivity index (χ4v) is 9.90. The second-order valence-corrected chi connectivity index (χ2v) is 15.0. The van der Waals surface area contributed by atoms with Gasteiger partial charge in [-0.3, -0.25) is 9.69 Å². The van der Waals surface area contributed by atoms with Crippen molar-refractivity contribution in [3.05, 3.63) is 51.6 Å². The second kappa shape index (κ2) is 12.2. The first-order valence-electron chi connectivity index (χ1n) is 15.6. The minimum Gasteiger partial charge on any atom is -0.456 e. The Labute approximate surface area is 258 Å². The van der Waals surface area contributed by atoms with Crippen molar-refractivity contribution in [2.75, 3.05) is 32.7 Å². The molecule has 0 unspecified atom stereocenters. The predicted molar refractivity (Wildman–Crippen MR) is 172 cm³/mol. The van der Waals surface area contributed by atoms with Gasteiger partial charge in [0.25, 0.3) is 5.91 Å². The maximum absolute atomic E-state index is 13.9. The minimum absolute atomic E-state index is 0.0869. The summed E-state index contributed by atoms with van der Waals surface area (Å²) in [6.07, 6.45) is 12.9. The Kier molecular flexibility index (Phi) is 8.35. The number of nitrogens with one attached hydrogen (secondary N) is 1. The van der Waals surface area contributed by atoms with E-state index in [1.807, 2.05) is 35.2 Å². The molecule has 8 heteroatoms. The summed E-state index contributed by atoms with van der Waals surface area (Å²) in [5, 5.41) is 4.14. The van der Waals surface area contributed by atoms with Gasteiger partial charge in [0, 0.05) is 48.9 Å². The van der Waals surface area contributed by atoms with Crippen molar-refractivity contribution in [3.63, 3.8) is 0 Å². The molecule has 8 rings (SSSR count). The smallest absolute Gasteiger partial charge is 0.266 e. The number of carbonyl (C=O) groups is 1. The van der Waals surface area contributed by atoms with Crippen molar-refractivity contribution in [1.82, 2.24) is 15.1 Å². The first kappa shape index (κ1) is 28.1. The summed E-state index contributed by atoms with van der Waals surface area (Å²) in [5.74, 6) is 4.68. The molecule has 4 aliphatic carbocycles. The number of thioether (sulfide) groups is 1. The topological polar surface area (TPSA) is 48.7 Å². The van der Waals surface area contributed by atoms with Gasteiger partial charge in [0.2, 0.25) is 0 Å². The molecule has 1 amide bonds. The van der Waals surface area contributed by atoms with E-state index in [0.717, 1.165) is 77.8 Å². The van der Waals surface area contributed by atoms with Gasteiger partial charge < -0.3 is 14.6 Å². The zero-order valence-corrected chi connectivity index (χ0v) is 26.0. The normalized spacial score (nSPS) is 30.7. The zero-order chi connectivity index (χ0) is 27.9. The fourth-order valence-electron chi connectivity index (χ4n) is 8.45. The summed E-state index contributed by atoms with van der Waals surface area (Å²) in [5.41, 5.74) is 2.16. The number of hydrogen-bond donors (Lipinski definition) is 1. The molecule has 2 aromatic rings. The van der Waals surface area contributed by atoms with Gasteiger partial charge in [0.15, 0.2) is 0 Å². The Morgan fingerprint density at radius 2 is 1.71 bits per heavy atom. The zero-order valence-electron chi connectivity index (χ0n) is 23.7. The molecule has 3 heterocycles. The Morgan fingerprint density at radius 1 is 1.00 bits per heavy atom. The molecule has 2 aliphatic heterocycles. The Morgan fingerprint density at radius 3 is 2.41 bits per heavy atom. The van der Waals surface area contributed by atoms with Crippen molar-refractivity contribution in [2.45, 2.75) is 63.8 Å². The van der Waals surface area contributed by atoms with Crippen LogP contribution in [-0.2, 0) is 11.2 Å². The molecule has 1 aromatic heterocycles. The standard InChI is InChI=1S/C33H40ClN3O2S2/c34-27-7-5-23(6-8-27)28-19-24(4-2-1-3-11-36-12-9-35-10-13-36)29(39-28)20-30-32(38)37(33(40)41-30)31-25-15-21-14-22(17-25)18-26(31)16-21/h5-8,19-22,25-26,31,35H,1-4,9-18H2/b30-20-. The molecule has 41 heavy (non-hydrogen) atoms. The Balaban J connectivity index is 1.08. The van der Waals surface area contributed by atoms with Crippen molar-refractivity contribution in [3.8, 4) is 11.3 Å². The molecule has 4 bridgehead atoms. The first-order valence-corrected chi connectivity index (χ1v) is 17.2. The maximum atomic E-state index is 13.9. The van der Waals surface area contributed by atoms with E-state index in [4.69, 9.17) is 28.2 Å². The summed E-state index contributed by atoms with van der Waals surface area (Å²) >= 11 is 13.5. The average Bonchev–Trinajstić information content (AvgIpc) is 3.49. The first-order chi connectivity index (χ1) is 20.0. The molecule has 0 atom stereocenters. The molecule has 1 N–H and O–H groups in total. The summed E-state index contributed by atoms with van der Waals surface area (Å²) in [6, 6.07) is 10.2. The van der Waals surface area contributed by atoms with Crippen LogP contribution in [0.2, 0.25) is 5.02 Å². The number of furan rings is 1. The lowest BCUT2D eigenvalue weighted by molar-refractivity contribution is -0.130. The summed E-state index contributed by atoms with van der Waals surface area (Å²) < 4.78 is 7.19. The highest BCUT2D eigenvalue weighted by molar-refractivity contribution is 8.26. The highest BCUT2D eigenvalue weighted by Gasteiger charge is 2.53. The number of hydrogen-bond acceptors (Lipinski definition) is 6. The van der Waals surface area contributed by atoms with Gasteiger partial charge in [-0.05, 0) is 117 Å². The van der Waals surface area contributed by atoms with Crippen LogP contribution >= 0.6 is 35.6 Å². The molecule has 218 valence electrons. The van der Waals surface area contributed by atoms with Gasteiger partial charge >= 0.3 is 0 Å². The van der Waals surface area contributed by atoms with Crippen LogP contribution in [0.25, 0.3) is 17.4 Å². The molecule has 4 saturated carbocycles. The average molecular weight is 610 g/mol. The third-order valence-electron chi connectivity index (χ3n) is 10.2. The van der Waals surface area contributed by atoms with Gasteiger partial charge in [-0.15, -0.1) is 0 Å². The van der Waals surface area contributed by atoms with E-state index < -0.39 is 0 Å². The van der Waals surface area contributed by atoms with Crippen molar-refractivity contribution >= 4 is 51.9 Å². The highest BCUT2D eigenvalue weighted by Crippen LogP contribution is 2.56. The molecule has 5 nitrogen and oxygen atoms in total. The number of thiocarbonyl (C=S) groups is 1. The van der Waals surface area contributed by atoms with Crippen LogP contribution in [0.1, 0.15) is 62.7 Å². The van der Waals surface area contributed by atoms with Gasteiger partial charge in [-0.1, -0.05) is 42.0 Å². The number of carbonyl (C=O) groups excluding carboxylic acids is 1. The number of piperazine rings is 1. The van der Waals surface area contributed by atoms with Crippen molar-refractivity contribution in [1.29, 1.82) is 0 Å². The van der Waals surface area contributed by atoms with Crippen LogP contribution in [0, 0.1) is 23.7 Å². The van der Waals surface area contributed by atoms with E-state index in [2.05, 4.69) is 16.3 Å². The van der Waals surface area contributed by atoms with Crippen molar-refractivity contribution < 1.29 is 9.21 Å². The van der Waals surface area contributed by atoms with Crippen LogP contribution in [-0.4, -0.2) is 58.8 Å². The maximum Gasteiger partial charge on any atom is 0.266 e. The summed E-state index contributed by atoms with van der Waals surface area (Å²) in [7, 11) is 0. The largest absolute Gasteiger partial charge is 0.456 e. The number of nitrogens with zero attached hydrogens (tertiary/aromatic N) is 2. The van der Waals surface area contributed by atoms with E-state index in [1.54, 1.807) is 0 Å². The lowest BCUT2D eigenvalue weighted by Crippen LogP contribution is -2.57. The lowest BCUT2D eigenvalue weighted by Gasteiger charge is -2.56. The monoisotopic (exact) mass is 609 g/mol. The molecule has 0 radical (unpaired) electrons. The van der Waals surface area contributed by atoms with Gasteiger partial charge in [-0.2, -0.15) is 0 Å². The van der Waals surface area contributed by atoms with Crippen LogP contribution < -0.4 is 5.32 Å². The molecular weight excluding hydrogens is 570 g/mol. The minimum atomic E-state index is 0.0869. The Hall–Kier alpha value is -1.64. The van der Waals surface area contributed by atoms with Gasteiger partial charge in [0.1, 0.15) is 15.8 Å². The quantitative estimate of drug-likeness (QED) is 0.184. The van der Waals surface area contributed by atoms with E-state index in [-0.39, 0.29) is 11.9 Å². The van der Waals surface area contributed by atoms with Crippen molar-refractivity contribution in [2.24, 2.45) is 23.7 Å². The molecule has 0 spiro atoms. The molecular formula is C33H40ClN3O2S2. The predicted octanol–water partition coefficient (Wildman–Crippen LogP) is 7.24. The molecule has 6 aliphatic rings. The van der Waals surface area contributed by atoms with Crippen LogP contribution in [0.4, 0.5) is 0 Å². The highest BCUT2D eigenvalue weighted by atomic mass is 35.5. The Bertz CT molecular complexity index is 1290. The van der Waals surface area contributed by atoms with Gasteiger partial charge in [0.05, 0.1) is 4.91 Å². The summed E-state index contributed by atoms with van der Waals surface area (Å²) in [6.45, 7) is 5.67. The van der Waals surface area contributed by atoms with Crippen LogP contribution in [0.3, 0.4) is 0 Å². The number of amides is 1. The van der Waals surface area contributed by atoms with E-state index in [1.165, 1.54) is 63.3 Å². The second-order valence-electron chi connectivity index (χ2n) is 12.9. The number of unbranched alkanes of at least 4 members (excludes halogenated alkanes) is 2. The molecule has 2 saturated heterocycles. The van der Waals surface area contributed by atoms with Crippen LogP contribution in [0.15, 0.2) is 39.7 Å². The number of rotatable bonds is 9. The summed E-state index contributed by atoms with van der Waals surface area (Å²) in [4.78, 5) is 19.2. The molecule has 6 fully saturated rings. The van der Waals surface area contributed by atoms with E-state index >= 15 is 0 Å². The van der Waals surface area contributed by atoms with E-state index in [9.17, 15) is 4.79 Å². The fraction of sp³-hybridized carbons (Fsp3) is 0.576.